The van der Waals surface area contributed by atoms with Crippen molar-refractivity contribution in [1.82, 2.24) is 14.7 Å². The van der Waals surface area contributed by atoms with Crippen LogP contribution < -0.4 is 4.74 Å². The van der Waals surface area contributed by atoms with E-state index in [0.29, 0.717) is 57.2 Å². The van der Waals surface area contributed by atoms with Crippen LogP contribution in [0.3, 0.4) is 0 Å². The zero-order valence-corrected chi connectivity index (χ0v) is 15.2. The number of piperidine rings is 1. The second-order valence-electron chi connectivity index (χ2n) is 6.60. The lowest BCUT2D eigenvalue weighted by Gasteiger charge is -2.37. The lowest BCUT2D eigenvalue weighted by molar-refractivity contribution is -0.181. The molecule has 4 rings (SSSR count). The Kier molecular flexibility index (Phi) is 4.84. The van der Waals surface area contributed by atoms with Crippen LogP contribution in [-0.2, 0) is 9.47 Å². The lowest BCUT2D eigenvalue weighted by Crippen LogP contribution is -2.47. The van der Waals surface area contributed by atoms with Gasteiger partial charge in [-0.3, -0.25) is 4.79 Å². The molecule has 2 fully saturated rings. The number of benzene rings is 1. The van der Waals surface area contributed by atoms with Gasteiger partial charge in [0.25, 0.3) is 5.91 Å². The summed E-state index contributed by atoms with van der Waals surface area (Å²) in [5, 5.41) is 4.41. The molecule has 0 aliphatic carbocycles. The first-order valence-electron chi connectivity index (χ1n) is 9.16. The summed E-state index contributed by atoms with van der Waals surface area (Å²) in [6.45, 7) is 4.54. The van der Waals surface area contributed by atoms with Gasteiger partial charge in [0.2, 0.25) is 0 Å². The Labute approximate surface area is 156 Å². The highest BCUT2D eigenvalue weighted by molar-refractivity contribution is 5.95. The van der Waals surface area contributed by atoms with Gasteiger partial charge in [0.15, 0.2) is 17.2 Å². The Morgan fingerprint density at radius 2 is 1.89 bits per heavy atom. The molecule has 0 atom stereocenters. The van der Waals surface area contributed by atoms with E-state index in [0.717, 1.165) is 0 Å². The predicted octanol–water partition coefficient (Wildman–Crippen LogP) is 2.39. The Morgan fingerprint density at radius 1 is 1.22 bits per heavy atom. The van der Waals surface area contributed by atoms with Gasteiger partial charge in [-0.15, -0.1) is 0 Å². The SMILES string of the molecule is CCOc1cn(-c2ccc(F)cc2)nc1C(=O)N1CCC2(CC1)OCCO2. The molecule has 1 spiro atoms. The Bertz CT molecular complexity index is 805. The fourth-order valence-electron chi connectivity index (χ4n) is 3.48. The molecule has 144 valence electrons. The number of aromatic nitrogens is 2. The van der Waals surface area contributed by atoms with Gasteiger partial charge in [-0.2, -0.15) is 5.10 Å². The quantitative estimate of drug-likeness (QED) is 0.821. The number of halogens is 1. The Hall–Kier alpha value is -2.45. The number of carbonyl (C=O) groups excluding carboxylic acids is 1. The molecule has 8 heteroatoms. The average Bonchev–Trinajstić information content (AvgIpc) is 3.30. The van der Waals surface area contributed by atoms with E-state index in [1.807, 2.05) is 6.92 Å². The van der Waals surface area contributed by atoms with Gasteiger partial charge in [-0.05, 0) is 31.2 Å². The summed E-state index contributed by atoms with van der Waals surface area (Å²) in [6.07, 6.45) is 2.93. The maximum atomic E-state index is 13.2. The highest BCUT2D eigenvalue weighted by atomic mass is 19.1. The van der Waals surface area contributed by atoms with Gasteiger partial charge in [0.05, 0.1) is 31.7 Å². The molecule has 3 heterocycles. The van der Waals surface area contributed by atoms with Crippen molar-refractivity contribution < 1.29 is 23.4 Å². The van der Waals surface area contributed by atoms with E-state index in [1.54, 1.807) is 23.2 Å². The number of hydrogen-bond acceptors (Lipinski definition) is 5. The summed E-state index contributed by atoms with van der Waals surface area (Å²) >= 11 is 0. The van der Waals surface area contributed by atoms with Crippen LogP contribution >= 0.6 is 0 Å². The third-order valence-corrected chi connectivity index (χ3v) is 4.90. The number of carbonyl (C=O) groups is 1. The molecule has 2 saturated heterocycles. The van der Waals surface area contributed by atoms with Gasteiger partial charge in [0, 0.05) is 25.9 Å². The van der Waals surface area contributed by atoms with Crippen LogP contribution in [0.2, 0.25) is 0 Å². The lowest BCUT2D eigenvalue weighted by atomic mass is 10.0. The molecule has 7 nitrogen and oxygen atoms in total. The van der Waals surface area contributed by atoms with E-state index >= 15 is 0 Å². The van der Waals surface area contributed by atoms with Crippen LogP contribution in [0.25, 0.3) is 5.69 Å². The van der Waals surface area contributed by atoms with Crippen molar-refractivity contribution >= 4 is 5.91 Å². The summed E-state index contributed by atoms with van der Waals surface area (Å²) in [4.78, 5) is 14.8. The van der Waals surface area contributed by atoms with Gasteiger partial charge in [-0.25, -0.2) is 9.07 Å². The summed E-state index contributed by atoms with van der Waals surface area (Å²) in [5.74, 6) is -0.633. The van der Waals surface area contributed by atoms with Crippen molar-refractivity contribution in [1.29, 1.82) is 0 Å². The van der Waals surface area contributed by atoms with Crippen LogP contribution in [0.5, 0.6) is 5.75 Å². The average molecular weight is 375 g/mol. The van der Waals surface area contributed by atoms with E-state index in [-0.39, 0.29) is 17.4 Å². The topological polar surface area (TPSA) is 65.8 Å². The van der Waals surface area contributed by atoms with Crippen molar-refractivity contribution in [3.05, 3.63) is 42.0 Å². The standard InChI is InChI=1S/C19H22FN3O4/c1-2-25-16-13-23(15-5-3-14(20)4-6-15)21-17(16)18(24)22-9-7-19(8-10-22)26-11-12-27-19/h3-6,13H,2,7-12H2,1H3. The maximum absolute atomic E-state index is 13.2. The molecular formula is C19H22FN3O4. The van der Waals surface area contributed by atoms with Crippen molar-refractivity contribution in [2.24, 2.45) is 0 Å². The number of rotatable bonds is 4. The molecule has 27 heavy (non-hydrogen) atoms. The van der Waals surface area contributed by atoms with Crippen molar-refractivity contribution in [3.8, 4) is 11.4 Å². The van der Waals surface area contributed by atoms with Crippen LogP contribution in [0.15, 0.2) is 30.5 Å². The highest BCUT2D eigenvalue weighted by Gasteiger charge is 2.41. The Morgan fingerprint density at radius 3 is 2.52 bits per heavy atom. The molecule has 1 aromatic carbocycles. The Balaban J connectivity index is 1.54. The molecule has 0 saturated carbocycles. The minimum Gasteiger partial charge on any atom is -0.490 e. The molecule has 2 aliphatic rings. The smallest absolute Gasteiger partial charge is 0.278 e. The van der Waals surface area contributed by atoms with Crippen LogP contribution in [0.4, 0.5) is 4.39 Å². The van der Waals surface area contributed by atoms with Gasteiger partial charge < -0.3 is 19.1 Å². The summed E-state index contributed by atoms with van der Waals surface area (Å²) < 4.78 is 31.7. The highest BCUT2D eigenvalue weighted by Crippen LogP contribution is 2.32. The molecule has 0 unspecified atom stereocenters. The van der Waals surface area contributed by atoms with Gasteiger partial charge >= 0.3 is 0 Å². The van der Waals surface area contributed by atoms with Crippen molar-refractivity contribution in [2.45, 2.75) is 25.6 Å². The number of likely N-dealkylation sites (tertiary alicyclic amines) is 1. The monoisotopic (exact) mass is 375 g/mol. The molecular weight excluding hydrogens is 353 g/mol. The minimum absolute atomic E-state index is 0.188. The van der Waals surface area contributed by atoms with Gasteiger partial charge in [-0.1, -0.05) is 0 Å². The number of ether oxygens (including phenoxy) is 3. The van der Waals surface area contributed by atoms with E-state index < -0.39 is 5.79 Å². The van der Waals surface area contributed by atoms with E-state index in [2.05, 4.69) is 5.10 Å². The second kappa shape index (κ2) is 7.28. The predicted molar refractivity (Wildman–Crippen MR) is 94.5 cm³/mol. The molecule has 2 aromatic rings. The van der Waals surface area contributed by atoms with Crippen molar-refractivity contribution in [3.63, 3.8) is 0 Å². The number of nitrogens with zero attached hydrogens (tertiary/aromatic N) is 3. The molecule has 1 aromatic heterocycles. The van der Waals surface area contributed by atoms with E-state index in [1.165, 1.54) is 16.8 Å². The minimum atomic E-state index is -0.535. The largest absolute Gasteiger partial charge is 0.490 e. The second-order valence-corrected chi connectivity index (χ2v) is 6.60. The third-order valence-electron chi connectivity index (χ3n) is 4.90. The molecule has 0 bridgehead atoms. The maximum Gasteiger partial charge on any atom is 0.278 e. The molecule has 2 aliphatic heterocycles. The molecule has 0 radical (unpaired) electrons. The summed E-state index contributed by atoms with van der Waals surface area (Å²) in [6, 6.07) is 5.91. The van der Waals surface area contributed by atoms with E-state index in [4.69, 9.17) is 14.2 Å². The first-order valence-corrected chi connectivity index (χ1v) is 9.16. The number of amides is 1. The normalized spacial score (nSPS) is 18.8. The first kappa shape index (κ1) is 17.9. The van der Waals surface area contributed by atoms with E-state index in [9.17, 15) is 9.18 Å². The van der Waals surface area contributed by atoms with Crippen LogP contribution in [0.1, 0.15) is 30.3 Å². The molecule has 1 amide bonds. The fraction of sp³-hybridized carbons (Fsp3) is 0.474. The number of hydrogen-bond donors (Lipinski definition) is 0. The van der Waals surface area contributed by atoms with Gasteiger partial charge in [0.1, 0.15) is 5.82 Å². The third kappa shape index (κ3) is 3.54. The van der Waals surface area contributed by atoms with Crippen LogP contribution in [-0.4, -0.2) is 59.3 Å². The van der Waals surface area contributed by atoms with Crippen LogP contribution in [0, 0.1) is 5.82 Å². The fourth-order valence-corrected chi connectivity index (χ4v) is 3.48. The zero-order chi connectivity index (χ0) is 18.9. The summed E-state index contributed by atoms with van der Waals surface area (Å²) in [5.41, 5.74) is 0.909. The van der Waals surface area contributed by atoms with Crippen molar-refractivity contribution in [2.75, 3.05) is 32.9 Å². The summed E-state index contributed by atoms with van der Waals surface area (Å²) in [7, 11) is 0. The zero-order valence-electron chi connectivity index (χ0n) is 15.2. The molecule has 0 N–H and O–H groups in total. The first-order chi connectivity index (χ1) is 13.1.